The van der Waals surface area contributed by atoms with Crippen molar-refractivity contribution in [3.8, 4) is 0 Å². The monoisotopic (exact) mass is 322 g/mol. The van der Waals surface area contributed by atoms with Crippen LogP contribution in [0.4, 0.5) is 4.39 Å². The molecule has 114 valence electrons. The largest absolute Gasteiger partial charge is 0.328 e. The maximum atomic E-state index is 13.3. The molecule has 0 spiro atoms. The minimum absolute atomic E-state index is 0. The van der Waals surface area contributed by atoms with Crippen LogP contribution < -0.4 is 5.73 Å². The molecule has 0 aliphatic carbocycles. The predicted molar refractivity (Wildman–Crippen MR) is 79.1 cm³/mol. The topological polar surface area (TPSA) is 63.4 Å². The van der Waals surface area contributed by atoms with Gasteiger partial charge in [0.1, 0.15) is 5.82 Å². The van der Waals surface area contributed by atoms with Gasteiger partial charge < -0.3 is 5.73 Å². The van der Waals surface area contributed by atoms with Crippen molar-refractivity contribution in [3.63, 3.8) is 0 Å². The molecule has 4 nitrogen and oxygen atoms in total. The molecule has 1 fully saturated rings. The first-order valence-corrected chi connectivity index (χ1v) is 7.79. The maximum absolute atomic E-state index is 13.3. The Morgan fingerprint density at radius 1 is 1.20 bits per heavy atom. The van der Waals surface area contributed by atoms with Gasteiger partial charge in [0.25, 0.3) is 0 Å². The first-order chi connectivity index (χ1) is 8.82. The second-order valence-electron chi connectivity index (χ2n) is 5.11. The first kappa shape index (κ1) is 17.4. The highest BCUT2D eigenvalue weighted by atomic mass is 35.5. The molecule has 0 unspecified atom stereocenters. The zero-order chi connectivity index (χ0) is 14.2. The van der Waals surface area contributed by atoms with Crippen LogP contribution in [0.5, 0.6) is 0 Å². The molecule has 0 amide bonds. The number of nitrogens with two attached hydrogens (primary N) is 1. The molecule has 1 aliphatic heterocycles. The Hall–Kier alpha value is -0.690. The van der Waals surface area contributed by atoms with Crippen LogP contribution in [-0.4, -0.2) is 31.9 Å². The lowest BCUT2D eigenvalue weighted by Crippen LogP contribution is -2.43. The highest BCUT2D eigenvalue weighted by molar-refractivity contribution is 7.89. The Balaban J connectivity index is 0.00000200. The Morgan fingerprint density at radius 2 is 1.65 bits per heavy atom. The summed E-state index contributed by atoms with van der Waals surface area (Å²) in [6, 6.07) is 2.59. The van der Waals surface area contributed by atoms with E-state index in [9.17, 15) is 12.8 Å². The number of rotatable bonds is 2. The van der Waals surface area contributed by atoms with Gasteiger partial charge in [-0.1, -0.05) is 0 Å². The normalized spacial score (nSPS) is 17.8. The standard InChI is InChI=1S/C13H19FN2O2S.ClH/c1-9-7-11(14)8-10(2)13(9)19(17,18)16-5-3-12(15)4-6-16;/h7-8,12H,3-6,15H2,1-2H3;1H. The summed E-state index contributed by atoms with van der Waals surface area (Å²) < 4.78 is 39.9. The van der Waals surface area contributed by atoms with Gasteiger partial charge in [-0.15, -0.1) is 12.4 Å². The number of hydrogen-bond donors (Lipinski definition) is 1. The van der Waals surface area contributed by atoms with Crippen LogP contribution in [0, 0.1) is 19.7 Å². The quantitative estimate of drug-likeness (QED) is 0.905. The molecule has 1 aromatic rings. The molecule has 1 saturated heterocycles. The number of sulfonamides is 1. The highest BCUT2D eigenvalue weighted by Gasteiger charge is 2.30. The Kier molecular flexibility index (Phi) is 5.54. The molecule has 1 aliphatic rings. The van der Waals surface area contributed by atoms with Crippen molar-refractivity contribution in [1.29, 1.82) is 0 Å². The maximum Gasteiger partial charge on any atom is 0.243 e. The van der Waals surface area contributed by atoms with Gasteiger partial charge in [0.05, 0.1) is 4.90 Å². The number of piperidine rings is 1. The van der Waals surface area contributed by atoms with E-state index in [1.807, 2.05) is 0 Å². The molecule has 2 N–H and O–H groups in total. The molecule has 20 heavy (non-hydrogen) atoms. The molecule has 1 aromatic carbocycles. The number of nitrogens with zero attached hydrogens (tertiary/aromatic N) is 1. The van der Waals surface area contributed by atoms with E-state index in [1.165, 1.54) is 16.4 Å². The average Bonchev–Trinajstić information content (AvgIpc) is 2.27. The molecule has 0 aromatic heterocycles. The average molecular weight is 323 g/mol. The summed E-state index contributed by atoms with van der Waals surface area (Å²) >= 11 is 0. The van der Waals surface area contributed by atoms with Gasteiger partial charge in [-0.2, -0.15) is 4.31 Å². The predicted octanol–water partition coefficient (Wildman–Crippen LogP) is 1.98. The molecular weight excluding hydrogens is 303 g/mol. The SMILES string of the molecule is Cc1cc(F)cc(C)c1S(=O)(=O)N1CCC(N)CC1.Cl. The van der Waals surface area contributed by atoms with E-state index in [-0.39, 0.29) is 23.3 Å². The summed E-state index contributed by atoms with van der Waals surface area (Å²) in [6.07, 6.45) is 1.33. The molecule has 0 radical (unpaired) electrons. The van der Waals surface area contributed by atoms with E-state index in [2.05, 4.69) is 0 Å². The Morgan fingerprint density at radius 3 is 2.10 bits per heavy atom. The van der Waals surface area contributed by atoms with Crippen molar-refractivity contribution in [2.45, 2.75) is 37.6 Å². The Bertz CT molecular complexity index is 561. The van der Waals surface area contributed by atoms with E-state index < -0.39 is 15.8 Å². The van der Waals surface area contributed by atoms with Gasteiger partial charge in [-0.05, 0) is 49.9 Å². The summed E-state index contributed by atoms with van der Waals surface area (Å²) in [5.41, 5.74) is 6.69. The van der Waals surface area contributed by atoms with E-state index in [0.717, 1.165) is 0 Å². The minimum atomic E-state index is -3.55. The van der Waals surface area contributed by atoms with E-state index in [1.54, 1.807) is 13.8 Å². The van der Waals surface area contributed by atoms with E-state index >= 15 is 0 Å². The van der Waals surface area contributed by atoms with Gasteiger partial charge in [-0.3, -0.25) is 0 Å². The van der Waals surface area contributed by atoms with Crippen molar-refractivity contribution in [3.05, 3.63) is 29.1 Å². The Labute approximate surface area is 125 Å². The van der Waals surface area contributed by atoms with Crippen LogP contribution in [0.3, 0.4) is 0 Å². The lowest BCUT2D eigenvalue weighted by molar-refractivity contribution is 0.319. The lowest BCUT2D eigenvalue weighted by Gasteiger charge is -2.30. The second kappa shape index (κ2) is 6.39. The molecule has 7 heteroatoms. The molecule has 0 saturated carbocycles. The second-order valence-corrected chi connectivity index (χ2v) is 6.99. The van der Waals surface area contributed by atoms with Crippen molar-refractivity contribution in [2.75, 3.05) is 13.1 Å². The molecule has 0 atom stereocenters. The fourth-order valence-corrected chi connectivity index (χ4v) is 4.43. The number of hydrogen-bond acceptors (Lipinski definition) is 3. The third-order valence-corrected chi connectivity index (χ3v) is 5.73. The molecular formula is C13H20ClFN2O2S. The summed E-state index contributed by atoms with van der Waals surface area (Å²) in [5.74, 6) is -0.408. The number of halogens is 2. The summed E-state index contributed by atoms with van der Waals surface area (Å²) in [7, 11) is -3.55. The minimum Gasteiger partial charge on any atom is -0.328 e. The first-order valence-electron chi connectivity index (χ1n) is 6.35. The van der Waals surface area contributed by atoms with Gasteiger partial charge in [0, 0.05) is 19.1 Å². The lowest BCUT2D eigenvalue weighted by atomic mass is 10.1. The highest BCUT2D eigenvalue weighted by Crippen LogP contribution is 2.26. The van der Waals surface area contributed by atoms with Crippen molar-refractivity contribution in [2.24, 2.45) is 5.73 Å². The van der Waals surface area contributed by atoms with Gasteiger partial charge in [-0.25, -0.2) is 12.8 Å². The fourth-order valence-electron chi connectivity index (χ4n) is 2.55. The third kappa shape index (κ3) is 3.31. The molecule has 0 bridgehead atoms. The van der Waals surface area contributed by atoms with Gasteiger partial charge in [0.15, 0.2) is 0 Å². The zero-order valence-electron chi connectivity index (χ0n) is 11.6. The van der Waals surface area contributed by atoms with E-state index in [0.29, 0.717) is 37.1 Å². The van der Waals surface area contributed by atoms with E-state index in [4.69, 9.17) is 5.73 Å². The van der Waals surface area contributed by atoms with Crippen LogP contribution in [-0.2, 0) is 10.0 Å². The summed E-state index contributed by atoms with van der Waals surface area (Å²) in [6.45, 7) is 4.11. The molecule has 2 rings (SSSR count). The van der Waals surface area contributed by atoms with Crippen LogP contribution >= 0.6 is 12.4 Å². The fraction of sp³-hybridized carbons (Fsp3) is 0.538. The van der Waals surface area contributed by atoms with Crippen molar-refractivity contribution in [1.82, 2.24) is 4.31 Å². The van der Waals surface area contributed by atoms with Crippen LogP contribution in [0.15, 0.2) is 17.0 Å². The molecule has 1 heterocycles. The van der Waals surface area contributed by atoms with Crippen molar-refractivity contribution < 1.29 is 12.8 Å². The van der Waals surface area contributed by atoms with Crippen LogP contribution in [0.2, 0.25) is 0 Å². The zero-order valence-corrected chi connectivity index (χ0v) is 13.2. The van der Waals surface area contributed by atoms with Gasteiger partial charge >= 0.3 is 0 Å². The third-order valence-electron chi connectivity index (χ3n) is 3.52. The van der Waals surface area contributed by atoms with Gasteiger partial charge in [0.2, 0.25) is 10.0 Å². The van der Waals surface area contributed by atoms with Crippen LogP contribution in [0.1, 0.15) is 24.0 Å². The number of benzene rings is 1. The van der Waals surface area contributed by atoms with Crippen LogP contribution in [0.25, 0.3) is 0 Å². The van der Waals surface area contributed by atoms with Crippen molar-refractivity contribution >= 4 is 22.4 Å². The summed E-state index contributed by atoms with van der Waals surface area (Å²) in [5, 5.41) is 0. The number of aryl methyl sites for hydroxylation is 2. The summed E-state index contributed by atoms with van der Waals surface area (Å²) in [4.78, 5) is 0.226. The smallest absolute Gasteiger partial charge is 0.243 e.